The van der Waals surface area contributed by atoms with Crippen LogP contribution in [0.1, 0.15) is 265 Å². The molecule has 0 heterocycles. The summed E-state index contributed by atoms with van der Waals surface area (Å²) in [6.07, 6.45) is 67.4. The Morgan fingerprint density at radius 3 is 0.954 bits per heavy atom. The first-order valence-corrected chi connectivity index (χ1v) is 27.4. The van der Waals surface area contributed by atoms with Gasteiger partial charge < -0.3 is 14.2 Å². The van der Waals surface area contributed by atoms with Gasteiger partial charge >= 0.3 is 17.9 Å². The molecular weight excluding hydrogens is 805 g/mol. The highest BCUT2D eigenvalue weighted by Gasteiger charge is 2.19. The summed E-state index contributed by atoms with van der Waals surface area (Å²) in [5.41, 5.74) is 0. The fourth-order valence-corrected chi connectivity index (χ4v) is 7.58. The Bertz CT molecular complexity index is 1230. The van der Waals surface area contributed by atoms with Crippen molar-refractivity contribution in [1.29, 1.82) is 0 Å². The Balaban J connectivity index is 4.37. The van der Waals surface area contributed by atoms with E-state index in [1.54, 1.807) is 0 Å². The highest BCUT2D eigenvalue weighted by atomic mass is 16.6. The number of esters is 3. The largest absolute Gasteiger partial charge is 0.462 e. The second-order valence-electron chi connectivity index (χ2n) is 18.1. The topological polar surface area (TPSA) is 78.9 Å². The van der Waals surface area contributed by atoms with Crippen molar-refractivity contribution >= 4 is 17.9 Å². The number of hydrogen-bond donors (Lipinski definition) is 0. The van der Waals surface area contributed by atoms with Gasteiger partial charge in [0.2, 0.25) is 0 Å². The zero-order valence-electron chi connectivity index (χ0n) is 42.7. The van der Waals surface area contributed by atoms with Crippen LogP contribution in [0.15, 0.2) is 72.9 Å². The van der Waals surface area contributed by atoms with Gasteiger partial charge in [-0.2, -0.15) is 0 Å². The van der Waals surface area contributed by atoms with E-state index in [1.165, 1.54) is 103 Å². The highest BCUT2D eigenvalue weighted by molar-refractivity contribution is 5.71. The third-order valence-corrected chi connectivity index (χ3v) is 11.7. The maximum absolute atomic E-state index is 12.8. The minimum Gasteiger partial charge on any atom is -0.462 e. The molecule has 6 heteroatoms. The van der Waals surface area contributed by atoms with Gasteiger partial charge in [0.25, 0.3) is 0 Å². The molecule has 0 aliphatic carbocycles. The standard InChI is InChI=1S/C59H102O6/c1-4-7-10-13-16-19-22-24-26-28-29-30-31-32-34-35-37-40-43-46-49-52-58(61)64-55-56(54-63-57(60)51-48-45-42-39-21-18-15-12-9-6-3)65-59(62)53-50-47-44-41-38-36-33-27-25-23-20-17-14-11-8-5-2/h7,10,16,19,24,26-27,29-30,32-34,56H,4-6,8-9,11-15,17-18,20-23,25,28,31,35-55H2,1-3H3/b10-7-,19-16-,26-24-,30-29-,33-27-,34-32-. The molecule has 0 bridgehead atoms. The molecule has 0 aromatic carbocycles. The van der Waals surface area contributed by atoms with Crippen molar-refractivity contribution in [3.63, 3.8) is 0 Å². The van der Waals surface area contributed by atoms with Gasteiger partial charge in [0, 0.05) is 19.3 Å². The number of rotatable bonds is 49. The van der Waals surface area contributed by atoms with Gasteiger partial charge in [-0.1, -0.05) is 229 Å². The van der Waals surface area contributed by atoms with Crippen LogP contribution in [0, 0.1) is 0 Å². The molecule has 0 fully saturated rings. The van der Waals surface area contributed by atoms with Gasteiger partial charge in [0.15, 0.2) is 6.10 Å². The van der Waals surface area contributed by atoms with Crippen LogP contribution in [0.5, 0.6) is 0 Å². The van der Waals surface area contributed by atoms with Gasteiger partial charge in [-0.05, 0) is 89.9 Å². The van der Waals surface area contributed by atoms with Crippen LogP contribution in [0.4, 0.5) is 0 Å². The second-order valence-corrected chi connectivity index (χ2v) is 18.1. The fraction of sp³-hybridized carbons (Fsp3) is 0.746. The van der Waals surface area contributed by atoms with E-state index in [4.69, 9.17) is 14.2 Å². The van der Waals surface area contributed by atoms with E-state index < -0.39 is 6.10 Å². The molecule has 0 aliphatic rings. The van der Waals surface area contributed by atoms with Crippen LogP contribution in [-0.4, -0.2) is 37.2 Å². The van der Waals surface area contributed by atoms with E-state index in [2.05, 4.69) is 93.7 Å². The van der Waals surface area contributed by atoms with Gasteiger partial charge in [0.1, 0.15) is 13.2 Å². The van der Waals surface area contributed by atoms with Gasteiger partial charge in [0.05, 0.1) is 0 Å². The van der Waals surface area contributed by atoms with Crippen LogP contribution in [0.3, 0.4) is 0 Å². The van der Waals surface area contributed by atoms with Crippen LogP contribution < -0.4 is 0 Å². The van der Waals surface area contributed by atoms with Crippen molar-refractivity contribution in [2.75, 3.05) is 13.2 Å². The summed E-state index contributed by atoms with van der Waals surface area (Å²) in [6.45, 7) is 6.50. The fourth-order valence-electron chi connectivity index (χ4n) is 7.58. The van der Waals surface area contributed by atoms with Crippen molar-refractivity contribution in [3.8, 4) is 0 Å². The molecule has 0 saturated carbocycles. The van der Waals surface area contributed by atoms with Crippen molar-refractivity contribution in [1.82, 2.24) is 0 Å². The minimum atomic E-state index is -0.785. The lowest BCUT2D eigenvalue weighted by molar-refractivity contribution is -0.167. The Morgan fingerprint density at radius 1 is 0.323 bits per heavy atom. The molecule has 0 saturated heterocycles. The van der Waals surface area contributed by atoms with Crippen LogP contribution in [0.2, 0.25) is 0 Å². The Morgan fingerprint density at radius 2 is 0.600 bits per heavy atom. The molecule has 1 unspecified atom stereocenters. The SMILES string of the molecule is CC/C=C\C/C=C\C/C=C\C/C=C\C/C=C\CCCCCCCC(=O)OCC(COC(=O)CCCCCCCCCCCC)OC(=O)CCCCCCC/C=C\CCCCCCCCC. The summed E-state index contributed by atoms with van der Waals surface area (Å²) in [7, 11) is 0. The lowest BCUT2D eigenvalue weighted by Gasteiger charge is -2.18. The smallest absolute Gasteiger partial charge is 0.306 e. The zero-order valence-corrected chi connectivity index (χ0v) is 42.7. The maximum atomic E-state index is 12.8. The molecule has 374 valence electrons. The third-order valence-electron chi connectivity index (χ3n) is 11.7. The van der Waals surface area contributed by atoms with Crippen LogP contribution in [0.25, 0.3) is 0 Å². The molecule has 0 amide bonds. The number of hydrogen-bond acceptors (Lipinski definition) is 6. The molecule has 0 radical (unpaired) electrons. The predicted octanol–water partition coefficient (Wildman–Crippen LogP) is 18.2. The first-order valence-electron chi connectivity index (χ1n) is 27.4. The van der Waals surface area contributed by atoms with E-state index >= 15 is 0 Å². The molecular formula is C59H102O6. The molecule has 0 rings (SSSR count). The molecule has 1 atom stereocenters. The van der Waals surface area contributed by atoms with Gasteiger partial charge in [-0.3, -0.25) is 14.4 Å². The van der Waals surface area contributed by atoms with Crippen molar-refractivity contribution in [2.24, 2.45) is 0 Å². The minimum absolute atomic E-state index is 0.0834. The molecule has 6 nitrogen and oxygen atoms in total. The van der Waals surface area contributed by atoms with Crippen molar-refractivity contribution in [2.45, 2.75) is 271 Å². The summed E-state index contributed by atoms with van der Waals surface area (Å²) < 4.78 is 16.8. The first kappa shape index (κ1) is 61.9. The molecule has 0 aliphatic heterocycles. The number of carbonyl (C=O) groups excluding carboxylic acids is 3. The maximum Gasteiger partial charge on any atom is 0.306 e. The van der Waals surface area contributed by atoms with E-state index in [-0.39, 0.29) is 31.1 Å². The summed E-state index contributed by atoms with van der Waals surface area (Å²) in [6, 6.07) is 0. The first-order chi connectivity index (χ1) is 32.0. The summed E-state index contributed by atoms with van der Waals surface area (Å²) in [4.78, 5) is 38.0. The predicted molar refractivity (Wildman–Crippen MR) is 279 cm³/mol. The van der Waals surface area contributed by atoms with Crippen LogP contribution >= 0.6 is 0 Å². The quantitative estimate of drug-likeness (QED) is 0.0262. The zero-order chi connectivity index (χ0) is 47.2. The number of carbonyl (C=O) groups is 3. The molecule has 65 heavy (non-hydrogen) atoms. The number of allylic oxidation sites excluding steroid dienone is 12. The molecule has 0 aromatic heterocycles. The van der Waals surface area contributed by atoms with E-state index in [1.807, 2.05) is 0 Å². The summed E-state index contributed by atoms with van der Waals surface area (Å²) in [5, 5.41) is 0. The number of unbranched alkanes of at least 4 members (excludes halogenated alkanes) is 26. The van der Waals surface area contributed by atoms with E-state index in [0.29, 0.717) is 19.3 Å². The molecule has 0 N–H and O–H groups in total. The lowest BCUT2D eigenvalue weighted by atomic mass is 10.1. The Hall–Kier alpha value is -3.15. The molecule has 0 aromatic rings. The summed E-state index contributed by atoms with van der Waals surface area (Å²) in [5.74, 6) is -0.908. The monoisotopic (exact) mass is 907 g/mol. The van der Waals surface area contributed by atoms with Gasteiger partial charge in [-0.25, -0.2) is 0 Å². The highest BCUT2D eigenvalue weighted by Crippen LogP contribution is 2.15. The molecule has 0 spiro atoms. The van der Waals surface area contributed by atoms with E-state index in [9.17, 15) is 14.4 Å². The Kier molecular flexibility index (Phi) is 50.9. The van der Waals surface area contributed by atoms with Crippen molar-refractivity contribution in [3.05, 3.63) is 72.9 Å². The normalized spacial score (nSPS) is 12.6. The van der Waals surface area contributed by atoms with E-state index in [0.717, 1.165) is 122 Å². The third kappa shape index (κ3) is 51.7. The average Bonchev–Trinajstić information content (AvgIpc) is 3.30. The number of ether oxygens (including phenoxy) is 3. The van der Waals surface area contributed by atoms with Crippen LogP contribution in [-0.2, 0) is 28.6 Å². The second kappa shape index (κ2) is 53.5. The van der Waals surface area contributed by atoms with Crippen molar-refractivity contribution < 1.29 is 28.6 Å². The average molecular weight is 907 g/mol. The summed E-state index contributed by atoms with van der Waals surface area (Å²) >= 11 is 0. The van der Waals surface area contributed by atoms with Gasteiger partial charge in [-0.15, -0.1) is 0 Å². The Labute approximate surface area is 402 Å². The lowest BCUT2D eigenvalue weighted by Crippen LogP contribution is -2.30.